The third kappa shape index (κ3) is 2.90. The average molecular weight is 190 g/mol. The van der Waals surface area contributed by atoms with Gasteiger partial charge in [-0.3, -0.25) is 0 Å². The Labute approximate surface area is 83.4 Å². The molecule has 0 aliphatic carbocycles. The molecule has 0 unspecified atom stereocenters. The van der Waals surface area contributed by atoms with Gasteiger partial charge in [-0.25, -0.2) is 0 Å². The largest absolute Gasteiger partial charge is 0.394 e. The van der Waals surface area contributed by atoms with Gasteiger partial charge in [0.25, 0.3) is 0 Å². The molecule has 0 fully saturated rings. The molecule has 1 rings (SSSR count). The zero-order valence-corrected chi connectivity index (χ0v) is 8.36. The van der Waals surface area contributed by atoms with Crippen molar-refractivity contribution in [2.75, 3.05) is 7.05 Å². The minimum atomic E-state index is 0.767. The minimum absolute atomic E-state index is 0.767. The monoisotopic (exact) mass is 190 g/mol. The first-order valence-corrected chi connectivity index (χ1v) is 4.41. The van der Waals surface area contributed by atoms with Crippen molar-refractivity contribution in [1.29, 1.82) is 0 Å². The predicted molar refractivity (Wildman–Crippen MR) is 57.4 cm³/mol. The van der Waals surface area contributed by atoms with Crippen LogP contribution >= 0.6 is 0 Å². The van der Waals surface area contributed by atoms with E-state index in [1.54, 1.807) is 6.33 Å². The molecule has 0 amide bonds. The van der Waals surface area contributed by atoms with Gasteiger partial charge < -0.3 is 10.3 Å². The van der Waals surface area contributed by atoms with Gasteiger partial charge in [0.1, 0.15) is 6.33 Å². The van der Waals surface area contributed by atoms with Crippen LogP contribution in [0, 0.1) is 0 Å². The van der Waals surface area contributed by atoms with E-state index < -0.39 is 0 Å². The Morgan fingerprint density at radius 1 is 1.57 bits per heavy atom. The van der Waals surface area contributed by atoms with Crippen LogP contribution in [-0.2, 0) is 0 Å². The zero-order chi connectivity index (χ0) is 10.2. The van der Waals surface area contributed by atoms with E-state index in [1.807, 2.05) is 44.5 Å². The summed E-state index contributed by atoms with van der Waals surface area (Å²) in [6, 6.07) is 0. The molecular formula is C10H14N4. The summed E-state index contributed by atoms with van der Waals surface area (Å²) in [7, 11) is 1.86. The Morgan fingerprint density at radius 2 is 2.43 bits per heavy atom. The van der Waals surface area contributed by atoms with Crippen LogP contribution in [0.2, 0.25) is 0 Å². The van der Waals surface area contributed by atoms with Crippen LogP contribution in [0.25, 0.3) is 5.57 Å². The van der Waals surface area contributed by atoms with Gasteiger partial charge in [0.2, 0.25) is 0 Å². The van der Waals surface area contributed by atoms with Gasteiger partial charge in [-0.15, -0.1) is 10.2 Å². The molecule has 2 N–H and O–H groups in total. The standard InChI is InChI=1S/C10H14N4/c1-3-5-9(6-4-7-11-2)10-12-8-13-14-10/h3-8,11H,1-2H3,(H,12,13,14)/b5-3-,7-4+,9-6+. The Hall–Kier alpha value is -1.84. The quantitative estimate of drug-likeness (QED) is 0.707. The fraction of sp³-hybridized carbons (Fsp3) is 0.200. The summed E-state index contributed by atoms with van der Waals surface area (Å²) in [6.45, 7) is 1.96. The van der Waals surface area contributed by atoms with Gasteiger partial charge in [0.15, 0.2) is 5.82 Å². The smallest absolute Gasteiger partial charge is 0.161 e. The van der Waals surface area contributed by atoms with Crippen LogP contribution < -0.4 is 5.32 Å². The Morgan fingerprint density at radius 3 is 3.00 bits per heavy atom. The number of hydrogen-bond donors (Lipinski definition) is 2. The van der Waals surface area contributed by atoms with Crippen molar-refractivity contribution in [2.24, 2.45) is 0 Å². The van der Waals surface area contributed by atoms with E-state index in [-0.39, 0.29) is 0 Å². The second-order valence-electron chi connectivity index (χ2n) is 2.61. The third-order valence-electron chi connectivity index (χ3n) is 1.58. The second kappa shape index (κ2) is 5.75. The van der Waals surface area contributed by atoms with Gasteiger partial charge in [-0.05, 0) is 25.3 Å². The first kappa shape index (κ1) is 10.2. The van der Waals surface area contributed by atoms with Gasteiger partial charge in [0, 0.05) is 12.6 Å². The molecule has 74 valence electrons. The summed E-state index contributed by atoms with van der Waals surface area (Å²) in [5.41, 5.74) is 0.997. The molecule has 14 heavy (non-hydrogen) atoms. The second-order valence-corrected chi connectivity index (χ2v) is 2.61. The molecule has 4 heteroatoms. The van der Waals surface area contributed by atoms with Crippen LogP contribution in [0.1, 0.15) is 12.7 Å². The predicted octanol–water partition coefficient (Wildman–Crippen LogP) is 1.50. The van der Waals surface area contributed by atoms with E-state index >= 15 is 0 Å². The van der Waals surface area contributed by atoms with Crippen LogP contribution in [0.15, 0.2) is 36.8 Å². The van der Waals surface area contributed by atoms with Crippen LogP contribution in [0.5, 0.6) is 0 Å². The highest BCUT2D eigenvalue weighted by Crippen LogP contribution is 2.09. The van der Waals surface area contributed by atoms with Crippen LogP contribution in [-0.4, -0.2) is 22.2 Å². The van der Waals surface area contributed by atoms with Crippen molar-refractivity contribution in [3.05, 3.63) is 42.7 Å². The lowest BCUT2D eigenvalue weighted by molar-refractivity contribution is 1.07. The lowest BCUT2D eigenvalue weighted by Crippen LogP contribution is -1.90. The number of aromatic amines is 1. The topological polar surface area (TPSA) is 53.6 Å². The molecule has 1 aromatic rings. The number of rotatable bonds is 4. The summed E-state index contributed by atoms with van der Waals surface area (Å²) >= 11 is 0. The van der Waals surface area contributed by atoms with Crippen molar-refractivity contribution in [2.45, 2.75) is 6.92 Å². The fourth-order valence-corrected chi connectivity index (χ4v) is 0.988. The Bertz CT molecular complexity index is 333. The minimum Gasteiger partial charge on any atom is -0.394 e. The maximum absolute atomic E-state index is 3.93. The molecule has 0 saturated carbocycles. The summed E-state index contributed by atoms with van der Waals surface area (Å²) < 4.78 is 0. The highest BCUT2D eigenvalue weighted by molar-refractivity contribution is 5.70. The van der Waals surface area contributed by atoms with Crippen molar-refractivity contribution in [3.8, 4) is 0 Å². The molecule has 1 heterocycles. The summed E-state index contributed by atoms with van der Waals surface area (Å²) in [5.74, 6) is 0.767. The fourth-order valence-electron chi connectivity index (χ4n) is 0.988. The summed E-state index contributed by atoms with van der Waals surface area (Å²) in [4.78, 5) is 2.95. The van der Waals surface area contributed by atoms with E-state index in [1.165, 1.54) is 0 Å². The van der Waals surface area contributed by atoms with Crippen molar-refractivity contribution in [1.82, 2.24) is 20.5 Å². The van der Waals surface area contributed by atoms with E-state index in [9.17, 15) is 0 Å². The molecule has 0 aliphatic heterocycles. The molecule has 1 aromatic heterocycles. The van der Waals surface area contributed by atoms with Gasteiger partial charge in [-0.1, -0.05) is 12.2 Å². The number of aromatic nitrogens is 3. The van der Waals surface area contributed by atoms with Crippen LogP contribution in [0.3, 0.4) is 0 Å². The zero-order valence-electron chi connectivity index (χ0n) is 8.36. The van der Waals surface area contributed by atoms with Crippen molar-refractivity contribution in [3.63, 3.8) is 0 Å². The summed E-state index contributed by atoms with van der Waals surface area (Å²) in [6.07, 6.45) is 11.2. The van der Waals surface area contributed by atoms with E-state index in [4.69, 9.17) is 0 Å². The number of hydrogen-bond acceptors (Lipinski definition) is 3. The van der Waals surface area contributed by atoms with Gasteiger partial charge in [-0.2, -0.15) is 0 Å². The highest BCUT2D eigenvalue weighted by atomic mass is 15.2. The molecule has 0 aliphatic rings. The van der Waals surface area contributed by atoms with Crippen molar-refractivity contribution < 1.29 is 0 Å². The molecule has 0 aromatic carbocycles. The molecule has 0 saturated heterocycles. The molecule has 0 spiro atoms. The maximum atomic E-state index is 3.93. The molecule has 0 atom stereocenters. The number of nitrogens with zero attached hydrogens (tertiary/aromatic N) is 2. The van der Waals surface area contributed by atoms with E-state index in [2.05, 4.69) is 20.5 Å². The first-order chi connectivity index (χ1) is 6.88. The molecule has 0 radical (unpaired) electrons. The number of H-pyrrole nitrogens is 1. The maximum Gasteiger partial charge on any atom is 0.161 e. The van der Waals surface area contributed by atoms with Crippen molar-refractivity contribution >= 4 is 5.57 Å². The molecular weight excluding hydrogens is 176 g/mol. The number of nitrogens with one attached hydrogen (secondary N) is 2. The van der Waals surface area contributed by atoms with E-state index in [0.29, 0.717) is 0 Å². The third-order valence-corrected chi connectivity index (χ3v) is 1.58. The number of allylic oxidation sites excluding steroid dienone is 5. The average Bonchev–Trinajstić information content (AvgIpc) is 2.70. The van der Waals surface area contributed by atoms with Crippen LogP contribution in [0.4, 0.5) is 0 Å². The Balaban J connectivity index is 2.85. The Kier molecular flexibility index (Phi) is 4.20. The van der Waals surface area contributed by atoms with Gasteiger partial charge in [0.05, 0.1) is 0 Å². The molecule has 0 bridgehead atoms. The lowest BCUT2D eigenvalue weighted by Gasteiger charge is -1.93. The highest BCUT2D eigenvalue weighted by Gasteiger charge is 1.98. The van der Waals surface area contributed by atoms with Gasteiger partial charge >= 0.3 is 0 Å². The first-order valence-electron chi connectivity index (χ1n) is 4.41. The van der Waals surface area contributed by atoms with E-state index in [0.717, 1.165) is 11.4 Å². The normalized spacial score (nSPS) is 12.9. The summed E-state index contributed by atoms with van der Waals surface area (Å²) in [5, 5.41) is 10.6. The lowest BCUT2D eigenvalue weighted by atomic mass is 10.2. The SMILES string of the molecule is C\C=C/C(=C\C=C\NC)c1nnc[nH]1. The molecule has 4 nitrogen and oxygen atoms in total.